The number of benzene rings is 2. The Morgan fingerprint density at radius 2 is 2.00 bits per heavy atom. The van der Waals surface area contributed by atoms with Gasteiger partial charge in [0.15, 0.2) is 0 Å². The zero-order valence-corrected chi connectivity index (χ0v) is 11.0. The molecule has 0 atom stereocenters. The fraction of sp³-hybridized carbons (Fsp3) is 0.0769. The highest BCUT2D eigenvalue weighted by atomic mass is 32.2. The largest absolute Gasteiger partial charge is 0.456 e. The minimum absolute atomic E-state index is 0.0865. The van der Waals surface area contributed by atoms with Crippen LogP contribution < -0.4 is 10.5 Å². The van der Waals surface area contributed by atoms with Crippen molar-refractivity contribution in [2.75, 3.05) is 12.0 Å². The van der Waals surface area contributed by atoms with E-state index in [1.807, 2.05) is 24.5 Å². The number of para-hydroxylation sites is 1. The van der Waals surface area contributed by atoms with Gasteiger partial charge in [0.1, 0.15) is 11.5 Å². The molecule has 0 aromatic heterocycles. The van der Waals surface area contributed by atoms with Crippen molar-refractivity contribution in [1.82, 2.24) is 0 Å². The van der Waals surface area contributed by atoms with Gasteiger partial charge in [-0.1, -0.05) is 12.1 Å². The third-order valence-corrected chi connectivity index (χ3v) is 3.20. The summed E-state index contributed by atoms with van der Waals surface area (Å²) in [5, 5.41) is 10.8. The van der Waals surface area contributed by atoms with E-state index in [0.717, 1.165) is 4.90 Å². The summed E-state index contributed by atoms with van der Waals surface area (Å²) in [5.74, 6) is 1.00. The predicted molar refractivity (Wildman–Crippen MR) is 75.8 cm³/mol. The standard InChI is InChI=1S/C13H12N2O3S/c1-19-13-5-3-2-4-12(13)18-11-7-9(14)6-10(8-11)15(16)17/h2-8H,14H2,1H3. The highest BCUT2D eigenvalue weighted by Crippen LogP contribution is 2.33. The number of thioether (sulfide) groups is 1. The van der Waals surface area contributed by atoms with E-state index < -0.39 is 4.92 Å². The van der Waals surface area contributed by atoms with Crippen LogP contribution in [0.15, 0.2) is 47.4 Å². The van der Waals surface area contributed by atoms with Gasteiger partial charge < -0.3 is 10.5 Å². The van der Waals surface area contributed by atoms with E-state index in [-0.39, 0.29) is 5.69 Å². The van der Waals surface area contributed by atoms with Crippen LogP contribution in [0.2, 0.25) is 0 Å². The van der Waals surface area contributed by atoms with Crippen molar-refractivity contribution in [2.45, 2.75) is 4.90 Å². The number of nitro benzene ring substituents is 1. The fourth-order valence-corrected chi connectivity index (χ4v) is 2.13. The second-order valence-electron chi connectivity index (χ2n) is 3.77. The quantitative estimate of drug-likeness (QED) is 0.399. The molecule has 98 valence electrons. The molecule has 0 bridgehead atoms. The van der Waals surface area contributed by atoms with E-state index in [0.29, 0.717) is 17.2 Å². The maximum Gasteiger partial charge on any atom is 0.275 e. The first-order valence-electron chi connectivity index (χ1n) is 5.46. The number of hydrogen-bond donors (Lipinski definition) is 1. The lowest BCUT2D eigenvalue weighted by Gasteiger charge is -2.09. The predicted octanol–water partition coefficient (Wildman–Crippen LogP) is 3.69. The van der Waals surface area contributed by atoms with Crippen molar-refractivity contribution < 1.29 is 9.66 Å². The number of nitrogens with two attached hydrogens (primary N) is 1. The SMILES string of the molecule is CSc1ccccc1Oc1cc(N)cc([N+](=O)[O-])c1. The normalized spacial score (nSPS) is 10.2. The lowest BCUT2D eigenvalue weighted by Crippen LogP contribution is -1.94. The molecule has 0 unspecified atom stereocenters. The lowest BCUT2D eigenvalue weighted by atomic mass is 10.2. The van der Waals surface area contributed by atoms with Gasteiger partial charge in [0, 0.05) is 22.7 Å². The van der Waals surface area contributed by atoms with Gasteiger partial charge in [-0.3, -0.25) is 10.1 Å². The summed E-state index contributed by atoms with van der Waals surface area (Å²) >= 11 is 1.54. The van der Waals surface area contributed by atoms with Crippen LogP contribution >= 0.6 is 11.8 Å². The molecule has 19 heavy (non-hydrogen) atoms. The minimum Gasteiger partial charge on any atom is -0.456 e. The molecule has 2 aromatic carbocycles. The Bertz CT molecular complexity index is 617. The molecule has 0 saturated carbocycles. The second kappa shape index (κ2) is 5.62. The van der Waals surface area contributed by atoms with Crippen LogP contribution in [-0.4, -0.2) is 11.2 Å². The molecule has 0 amide bonds. The Morgan fingerprint density at radius 1 is 1.26 bits per heavy atom. The summed E-state index contributed by atoms with van der Waals surface area (Å²) in [4.78, 5) is 11.2. The molecule has 0 heterocycles. The van der Waals surface area contributed by atoms with E-state index in [4.69, 9.17) is 10.5 Å². The topological polar surface area (TPSA) is 78.4 Å². The molecule has 2 aromatic rings. The van der Waals surface area contributed by atoms with Gasteiger partial charge in [0.2, 0.25) is 0 Å². The molecule has 0 aliphatic rings. The average molecular weight is 276 g/mol. The van der Waals surface area contributed by atoms with Crippen LogP contribution in [0.3, 0.4) is 0 Å². The fourth-order valence-electron chi connectivity index (χ4n) is 1.60. The molecule has 0 saturated heterocycles. The van der Waals surface area contributed by atoms with Crippen LogP contribution in [0.1, 0.15) is 0 Å². The molecule has 2 N–H and O–H groups in total. The van der Waals surface area contributed by atoms with Gasteiger partial charge in [-0.15, -0.1) is 11.8 Å². The van der Waals surface area contributed by atoms with E-state index in [1.165, 1.54) is 23.9 Å². The lowest BCUT2D eigenvalue weighted by molar-refractivity contribution is -0.384. The Morgan fingerprint density at radius 3 is 2.68 bits per heavy atom. The molecule has 0 fully saturated rings. The number of anilines is 1. The van der Waals surface area contributed by atoms with Crippen molar-refractivity contribution >= 4 is 23.1 Å². The first-order chi connectivity index (χ1) is 9.10. The smallest absolute Gasteiger partial charge is 0.275 e. The minimum atomic E-state index is -0.496. The van der Waals surface area contributed by atoms with Crippen molar-refractivity contribution in [3.63, 3.8) is 0 Å². The maximum absolute atomic E-state index is 10.8. The number of nitrogens with zero attached hydrogens (tertiary/aromatic N) is 1. The summed E-state index contributed by atoms with van der Waals surface area (Å²) in [6.45, 7) is 0. The second-order valence-corrected chi connectivity index (χ2v) is 4.62. The molecular weight excluding hydrogens is 264 g/mol. The average Bonchev–Trinajstić information content (AvgIpc) is 2.38. The van der Waals surface area contributed by atoms with Crippen molar-refractivity contribution in [3.05, 3.63) is 52.6 Å². The monoisotopic (exact) mass is 276 g/mol. The van der Waals surface area contributed by atoms with Gasteiger partial charge in [-0.2, -0.15) is 0 Å². The summed E-state index contributed by atoms with van der Waals surface area (Å²) in [7, 11) is 0. The van der Waals surface area contributed by atoms with Crippen LogP contribution in [0, 0.1) is 10.1 Å². The number of hydrogen-bond acceptors (Lipinski definition) is 5. The summed E-state index contributed by atoms with van der Waals surface area (Å²) in [6, 6.07) is 11.7. The van der Waals surface area contributed by atoms with Crippen LogP contribution in [0.25, 0.3) is 0 Å². The van der Waals surface area contributed by atoms with Crippen molar-refractivity contribution in [1.29, 1.82) is 0 Å². The van der Waals surface area contributed by atoms with Crippen molar-refractivity contribution in [3.8, 4) is 11.5 Å². The first kappa shape index (κ1) is 13.2. The third kappa shape index (κ3) is 3.17. The summed E-state index contributed by atoms with van der Waals surface area (Å²) < 4.78 is 5.67. The zero-order valence-electron chi connectivity index (χ0n) is 10.2. The van der Waals surface area contributed by atoms with E-state index in [9.17, 15) is 10.1 Å². The Labute approximate surface area is 114 Å². The number of non-ortho nitro benzene ring substituents is 1. The Balaban J connectivity index is 2.35. The molecule has 0 aliphatic carbocycles. The van der Waals surface area contributed by atoms with Crippen LogP contribution in [0.5, 0.6) is 11.5 Å². The first-order valence-corrected chi connectivity index (χ1v) is 6.68. The maximum atomic E-state index is 10.8. The zero-order chi connectivity index (χ0) is 13.8. The van der Waals surface area contributed by atoms with E-state index in [1.54, 1.807) is 12.1 Å². The van der Waals surface area contributed by atoms with E-state index >= 15 is 0 Å². The van der Waals surface area contributed by atoms with Crippen LogP contribution in [0.4, 0.5) is 11.4 Å². The number of rotatable bonds is 4. The van der Waals surface area contributed by atoms with Crippen LogP contribution in [-0.2, 0) is 0 Å². The molecule has 0 aliphatic heterocycles. The summed E-state index contributed by atoms with van der Waals surface area (Å²) in [5.41, 5.74) is 5.84. The van der Waals surface area contributed by atoms with Crippen molar-refractivity contribution in [2.24, 2.45) is 0 Å². The number of ether oxygens (including phenoxy) is 1. The Kier molecular flexibility index (Phi) is 3.91. The molecule has 0 radical (unpaired) electrons. The Hall–Kier alpha value is -2.21. The van der Waals surface area contributed by atoms with Gasteiger partial charge >= 0.3 is 0 Å². The third-order valence-electron chi connectivity index (χ3n) is 2.42. The molecule has 6 heteroatoms. The molecule has 2 rings (SSSR count). The highest BCUT2D eigenvalue weighted by Gasteiger charge is 2.11. The number of nitro groups is 1. The van der Waals surface area contributed by atoms with Gasteiger partial charge in [0.25, 0.3) is 5.69 Å². The van der Waals surface area contributed by atoms with Gasteiger partial charge in [-0.25, -0.2) is 0 Å². The van der Waals surface area contributed by atoms with E-state index in [2.05, 4.69) is 0 Å². The summed E-state index contributed by atoms with van der Waals surface area (Å²) in [6.07, 6.45) is 1.93. The molecule has 5 nitrogen and oxygen atoms in total. The number of nitrogen functional groups attached to an aromatic ring is 1. The van der Waals surface area contributed by atoms with Gasteiger partial charge in [0.05, 0.1) is 11.0 Å². The highest BCUT2D eigenvalue weighted by molar-refractivity contribution is 7.98. The molecular formula is C13H12N2O3S. The molecule has 0 spiro atoms. The van der Waals surface area contributed by atoms with Gasteiger partial charge in [-0.05, 0) is 18.4 Å².